The molecule has 2 amide bonds. The summed E-state index contributed by atoms with van der Waals surface area (Å²) in [5.74, 6) is -0.251. The van der Waals surface area contributed by atoms with E-state index in [1.807, 2.05) is 43.3 Å². The van der Waals surface area contributed by atoms with Gasteiger partial charge >= 0.3 is 0 Å². The van der Waals surface area contributed by atoms with Crippen LogP contribution in [0.4, 0.5) is 11.4 Å². The number of likely N-dealkylation sites (N-methyl/N-ethyl adjacent to an activating group) is 1. The maximum atomic E-state index is 12.7. The van der Waals surface area contributed by atoms with E-state index in [4.69, 9.17) is 0 Å². The molecule has 1 aliphatic heterocycles. The van der Waals surface area contributed by atoms with Gasteiger partial charge in [0.15, 0.2) is 0 Å². The minimum absolute atomic E-state index is 0.0383. The number of hydrogen-bond donors (Lipinski definition) is 1. The van der Waals surface area contributed by atoms with E-state index < -0.39 is 0 Å². The monoisotopic (exact) mass is 365 g/mol. The summed E-state index contributed by atoms with van der Waals surface area (Å²) >= 11 is 0. The zero-order valence-electron chi connectivity index (χ0n) is 16.2. The quantitative estimate of drug-likeness (QED) is 0.885. The number of fused-ring (bicyclic) bond motifs is 1. The first-order valence-corrected chi connectivity index (χ1v) is 9.39. The Labute approximate surface area is 161 Å². The number of nitrogens with one attached hydrogen (secondary N) is 1. The first kappa shape index (κ1) is 19.0. The molecule has 0 unspecified atom stereocenters. The molecule has 2 aromatic rings. The summed E-state index contributed by atoms with van der Waals surface area (Å²) in [7, 11) is 1.68. The SMILES string of the molecule is Cc1ccc(NC(=O)CN(C)C(=O)CN2c3ccccc3CC[C@@H]2C)cc1. The van der Waals surface area contributed by atoms with Crippen LogP contribution in [0.3, 0.4) is 0 Å². The zero-order chi connectivity index (χ0) is 19.4. The molecule has 1 atom stereocenters. The van der Waals surface area contributed by atoms with Gasteiger partial charge in [-0.05, 0) is 50.5 Å². The Hall–Kier alpha value is -2.82. The van der Waals surface area contributed by atoms with Gasteiger partial charge in [0.2, 0.25) is 11.8 Å². The number of carbonyl (C=O) groups is 2. The highest BCUT2D eigenvalue weighted by Crippen LogP contribution is 2.30. The second kappa shape index (κ2) is 8.25. The molecular weight excluding hydrogens is 338 g/mol. The van der Waals surface area contributed by atoms with E-state index in [0.29, 0.717) is 6.04 Å². The highest BCUT2D eigenvalue weighted by molar-refractivity contribution is 5.95. The van der Waals surface area contributed by atoms with Crippen LogP contribution in [0.1, 0.15) is 24.5 Å². The van der Waals surface area contributed by atoms with E-state index >= 15 is 0 Å². The lowest BCUT2D eigenvalue weighted by Crippen LogP contribution is -2.46. The summed E-state index contributed by atoms with van der Waals surface area (Å²) in [6, 6.07) is 16.2. The van der Waals surface area contributed by atoms with Crippen molar-refractivity contribution in [1.82, 2.24) is 4.90 Å². The maximum Gasteiger partial charge on any atom is 0.243 e. The molecule has 3 rings (SSSR count). The fourth-order valence-electron chi connectivity index (χ4n) is 3.41. The summed E-state index contributed by atoms with van der Waals surface area (Å²) in [6.07, 6.45) is 2.07. The third kappa shape index (κ3) is 4.67. The third-order valence-electron chi connectivity index (χ3n) is 5.11. The van der Waals surface area contributed by atoms with Crippen LogP contribution in [0, 0.1) is 6.92 Å². The topological polar surface area (TPSA) is 52.7 Å². The van der Waals surface area contributed by atoms with E-state index in [0.717, 1.165) is 29.8 Å². The summed E-state index contributed by atoms with van der Waals surface area (Å²) < 4.78 is 0. The summed E-state index contributed by atoms with van der Waals surface area (Å²) in [5, 5.41) is 2.84. The molecule has 1 aliphatic rings. The van der Waals surface area contributed by atoms with Gasteiger partial charge < -0.3 is 15.1 Å². The van der Waals surface area contributed by atoms with Crippen molar-refractivity contribution in [3.63, 3.8) is 0 Å². The van der Waals surface area contributed by atoms with Crippen LogP contribution in [-0.4, -0.2) is 42.9 Å². The summed E-state index contributed by atoms with van der Waals surface area (Å²) in [5.41, 5.74) is 4.28. The number of rotatable bonds is 5. The Morgan fingerprint density at radius 2 is 1.85 bits per heavy atom. The van der Waals surface area contributed by atoms with Crippen LogP contribution in [-0.2, 0) is 16.0 Å². The number of hydrogen-bond acceptors (Lipinski definition) is 3. The lowest BCUT2D eigenvalue weighted by atomic mass is 9.96. The van der Waals surface area contributed by atoms with Crippen LogP contribution < -0.4 is 10.2 Å². The normalized spacial score (nSPS) is 15.8. The number of para-hydroxylation sites is 1. The van der Waals surface area contributed by atoms with Gasteiger partial charge in [0.25, 0.3) is 0 Å². The van der Waals surface area contributed by atoms with Gasteiger partial charge in [0.05, 0.1) is 13.1 Å². The van der Waals surface area contributed by atoms with E-state index in [1.54, 1.807) is 7.05 Å². The van der Waals surface area contributed by atoms with E-state index in [9.17, 15) is 9.59 Å². The Balaban J connectivity index is 1.59. The van der Waals surface area contributed by atoms with Crippen molar-refractivity contribution in [3.8, 4) is 0 Å². The summed E-state index contributed by atoms with van der Waals surface area (Å²) in [4.78, 5) is 28.6. The molecule has 0 aromatic heterocycles. The average Bonchev–Trinajstić information content (AvgIpc) is 2.65. The largest absolute Gasteiger partial charge is 0.359 e. The van der Waals surface area contributed by atoms with Crippen LogP contribution in [0.15, 0.2) is 48.5 Å². The molecule has 27 heavy (non-hydrogen) atoms. The van der Waals surface area contributed by atoms with Gasteiger partial charge in [-0.2, -0.15) is 0 Å². The predicted octanol–water partition coefficient (Wildman–Crippen LogP) is 3.23. The van der Waals surface area contributed by atoms with Crippen molar-refractivity contribution in [2.24, 2.45) is 0 Å². The second-order valence-electron chi connectivity index (χ2n) is 7.31. The number of anilines is 2. The van der Waals surface area contributed by atoms with Crippen LogP contribution in [0.2, 0.25) is 0 Å². The first-order chi connectivity index (χ1) is 12.9. The molecule has 1 N–H and O–H groups in total. The smallest absolute Gasteiger partial charge is 0.243 e. The molecule has 2 aromatic carbocycles. The highest BCUT2D eigenvalue weighted by Gasteiger charge is 2.26. The van der Waals surface area contributed by atoms with Gasteiger partial charge in [0, 0.05) is 24.5 Å². The van der Waals surface area contributed by atoms with Gasteiger partial charge in [-0.3, -0.25) is 9.59 Å². The molecule has 5 heteroatoms. The van der Waals surface area contributed by atoms with Gasteiger partial charge in [-0.1, -0.05) is 35.9 Å². The fourth-order valence-corrected chi connectivity index (χ4v) is 3.41. The lowest BCUT2D eigenvalue weighted by Gasteiger charge is -2.37. The van der Waals surface area contributed by atoms with Crippen molar-refractivity contribution in [2.75, 3.05) is 30.4 Å². The molecule has 0 saturated heterocycles. The average molecular weight is 365 g/mol. The Morgan fingerprint density at radius 3 is 2.59 bits per heavy atom. The van der Waals surface area contributed by atoms with Crippen molar-refractivity contribution < 1.29 is 9.59 Å². The minimum atomic E-state index is -0.193. The Bertz CT molecular complexity index is 817. The molecule has 1 heterocycles. The predicted molar refractivity (Wildman–Crippen MR) is 109 cm³/mol. The fraction of sp³-hybridized carbons (Fsp3) is 0.364. The number of benzene rings is 2. The van der Waals surface area contributed by atoms with Gasteiger partial charge in [-0.15, -0.1) is 0 Å². The van der Waals surface area contributed by atoms with E-state index in [2.05, 4.69) is 29.3 Å². The molecule has 5 nitrogen and oxygen atoms in total. The minimum Gasteiger partial charge on any atom is -0.359 e. The van der Waals surface area contributed by atoms with Crippen LogP contribution in [0.25, 0.3) is 0 Å². The molecular formula is C22H27N3O2. The van der Waals surface area contributed by atoms with Crippen molar-refractivity contribution in [1.29, 1.82) is 0 Å². The zero-order valence-corrected chi connectivity index (χ0v) is 16.2. The highest BCUT2D eigenvalue weighted by atomic mass is 16.2. The van der Waals surface area contributed by atoms with Crippen molar-refractivity contribution in [3.05, 3.63) is 59.7 Å². The van der Waals surface area contributed by atoms with Gasteiger partial charge in [-0.25, -0.2) is 0 Å². The maximum absolute atomic E-state index is 12.7. The van der Waals surface area contributed by atoms with Crippen molar-refractivity contribution in [2.45, 2.75) is 32.7 Å². The van der Waals surface area contributed by atoms with Crippen LogP contribution >= 0.6 is 0 Å². The Morgan fingerprint density at radius 1 is 1.15 bits per heavy atom. The van der Waals surface area contributed by atoms with Crippen LogP contribution in [0.5, 0.6) is 0 Å². The lowest BCUT2D eigenvalue weighted by molar-refractivity contribution is -0.132. The molecule has 0 saturated carbocycles. The summed E-state index contributed by atoms with van der Waals surface area (Å²) in [6.45, 7) is 4.47. The number of carbonyl (C=O) groups excluding carboxylic acids is 2. The van der Waals surface area contributed by atoms with Crippen molar-refractivity contribution >= 4 is 23.2 Å². The Kier molecular flexibility index (Phi) is 5.79. The molecule has 0 radical (unpaired) electrons. The standard InChI is InChI=1S/C22H27N3O2/c1-16-8-12-19(13-9-16)23-21(26)14-24(3)22(27)15-25-17(2)10-11-18-6-4-5-7-20(18)25/h4-9,12-13,17H,10-11,14-15H2,1-3H3,(H,23,26)/t17-/m0/s1. The molecule has 142 valence electrons. The molecule has 0 bridgehead atoms. The van der Waals surface area contributed by atoms with Gasteiger partial charge in [0.1, 0.15) is 0 Å². The second-order valence-corrected chi connectivity index (χ2v) is 7.31. The molecule has 0 fully saturated rings. The number of amides is 2. The number of aryl methyl sites for hydroxylation is 2. The third-order valence-corrected chi connectivity index (χ3v) is 5.11. The first-order valence-electron chi connectivity index (χ1n) is 9.39. The molecule has 0 spiro atoms. The molecule has 0 aliphatic carbocycles. The van der Waals surface area contributed by atoms with E-state index in [1.165, 1.54) is 10.5 Å². The number of nitrogens with zero attached hydrogens (tertiary/aromatic N) is 2. The van der Waals surface area contributed by atoms with E-state index in [-0.39, 0.29) is 24.9 Å².